The average molecular weight is 755 g/mol. The van der Waals surface area contributed by atoms with Gasteiger partial charge in [-0.2, -0.15) is 0 Å². The molecule has 0 saturated heterocycles. The van der Waals surface area contributed by atoms with E-state index in [1.807, 2.05) is 116 Å². The summed E-state index contributed by atoms with van der Waals surface area (Å²) in [5.41, 5.74) is 14.3. The fourth-order valence-corrected chi connectivity index (χ4v) is 7.85. The first-order valence-electron chi connectivity index (χ1n) is 21.1. The van der Waals surface area contributed by atoms with Gasteiger partial charge in [0.25, 0.3) is 0 Å². The molecule has 0 atom stereocenters. The number of fused-ring (bicyclic) bond motifs is 1. The van der Waals surface area contributed by atoms with Crippen molar-refractivity contribution in [3.63, 3.8) is 0 Å². The van der Waals surface area contributed by atoms with Gasteiger partial charge in [0.1, 0.15) is 11.6 Å². The summed E-state index contributed by atoms with van der Waals surface area (Å²) in [5.74, 6) is 0.689. The van der Waals surface area contributed by atoms with Gasteiger partial charge >= 0.3 is 0 Å². The average Bonchev–Trinajstić information content (AvgIpc) is 3.66. The molecule has 58 heavy (non-hydrogen) atoms. The summed E-state index contributed by atoms with van der Waals surface area (Å²) < 4.78 is 27.1. The molecule has 0 saturated carbocycles. The number of aromatic hydroxyl groups is 1. The number of pyridine rings is 1. The number of benzene rings is 7. The molecule has 0 amide bonds. The molecular formula is C54H45N3O. The second-order valence-corrected chi connectivity index (χ2v) is 15.9. The minimum Gasteiger partial charge on any atom is -0.507 e. The predicted molar refractivity (Wildman–Crippen MR) is 241 cm³/mol. The van der Waals surface area contributed by atoms with Crippen LogP contribution in [-0.4, -0.2) is 19.6 Å². The van der Waals surface area contributed by atoms with Crippen molar-refractivity contribution in [1.82, 2.24) is 14.5 Å². The molecule has 9 aromatic rings. The van der Waals surface area contributed by atoms with Crippen molar-refractivity contribution in [2.24, 2.45) is 0 Å². The van der Waals surface area contributed by atoms with Crippen molar-refractivity contribution in [3.05, 3.63) is 193 Å². The molecule has 0 spiro atoms. The van der Waals surface area contributed by atoms with Gasteiger partial charge in [-0.05, 0) is 118 Å². The topological polar surface area (TPSA) is 50.9 Å². The molecule has 1 N–H and O–H groups in total. The summed E-state index contributed by atoms with van der Waals surface area (Å²) in [7, 11) is 0. The van der Waals surface area contributed by atoms with Crippen LogP contribution in [0.25, 0.3) is 83.9 Å². The van der Waals surface area contributed by atoms with E-state index in [1.54, 1.807) is 12.1 Å². The van der Waals surface area contributed by atoms with Gasteiger partial charge < -0.3 is 5.11 Å². The van der Waals surface area contributed by atoms with Crippen LogP contribution in [0.15, 0.2) is 176 Å². The number of aromatic nitrogens is 3. The van der Waals surface area contributed by atoms with Gasteiger partial charge in [0.05, 0.1) is 28.0 Å². The molecule has 0 aliphatic rings. The summed E-state index contributed by atoms with van der Waals surface area (Å²) in [4.78, 5) is 10.4. The number of nitrogens with zero attached hydrogens (tertiary/aromatic N) is 3. The van der Waals surface area contributed by atoms with Crippen LogP contribution in [-0.2, 0) is 5.41 Å². The van der Waals surface area contributed by atoms with Crippen LogP contribution < -0.4 is 0 Å². The highest BCUT2D eigenvalue weighted by molar-refractivity contribution is 5.98. The summed E-state index contributed by atoms with van der Waals surface area (Å²) >= 11 is 0. The third-order valence-corrected chi connectivity index (χ3v) is 10.9. The highest BCUT2D eigenvalue weighted by Gasteiger charge is 2.25. The molecule has 0 fully saturated rings. The van der Waals surface area contributed by atoms with Gasteiger partial charge in [-0.1, -0.05) is 142 Å². The summed E-state index contributed by atoms with van der Waals surface area (Å²) in [6.45, 7) is 6.08. The van der Waals surface area contributed by atoms with Gasteiger partial charge in [0, 0.05) is 27.0 Å². The van der Waals surface area contributed by atoms with Crippen molar-refractivity contribution in [2.45, 2.75) is 40.0 Å². The molecule has 0 aliphatic carbocycles. The molecule has 4 nitrogen and oxygen atoms in total. The Labute approximate surface area is 345 Å². The normalized spacial score (nSPS) is 12.6. The number of hydrogen-bond acceptors (Lipinski definition) is 3. The van der Waals surface area contributed by atoms with E-state index in [-0.39, 0.29) is 16.7 Å². The summed E-state index contributed by atoms with van der Waals surface area (Å²) in [6, 6.07) is 56.8. The van der Waals surface area contributed by atoms with Crippen LogP contribution in [0.1, 0.15) is 41.6 Å². The van der Waals surface area contributed by atoms with Crippen LogP contribution >= 0.6 is 0 Å². The quantitative estimate of drug-likeness (QED) is 0.176. The fraction of sp³-hybridized carbons (Fsp3) is 0.111. The Morgan fingerprint density at radius 3 is 1.90 bits per heavy atom. The number of aryl methyl sites for hydroxylation is 2. The van der Waals surface area contributed by atoms with Crippen LogP contribution in [0.2, 0.25) is 0 Å². The monoisotopic (exact) mass is 754 g/mol. The Bertz CT molecular complexity index is 3060. The second-order valence-electron chi connectivity index (χ2n) is 15.9. The third kappa shape index (κ3) is 6.88. The zero-order valence-electron chi connectivity index (χ0n) is 36.0. The number of para-hydroxylation sites is 1. The first kappa shape index (κ1) is 33.1. The van der Waals surface area contributed by atoms with Crippen molar-refractivity contribution in [2.75, 3.05) is 0 Å². The Morgan fingerprint density at radius 1 is 0.552 bits per heavy atom. The lowest BCUT2D eigenvalue weighted by atomic mass is 9.84. The highest BCUT2D eigenvalue weighted by atomic mass is 16.3. The van der Waals surface area contributed by atoms with E-state index < -0.39 is 6.85 Å². The third-order valence-electron chi connectivity index (χ3n) is 10.9. The molecular weight excluding hydrogens is 707 g/mol. The van der Waals surface area contributed by atoms with E-state index >= 15 is 0 Å². The molecule has 4 heteroatoms. The van der Waals surface area contributed by atoms with E-state index in [0.29, 0.717) is 11.4 Å². The molecule has 2 aromatic heterocycles. The van der Waals surface area contributed by atoms with E-state index in [0.717, 1.165) is 83.6 Å². The number of hydrogen-bond donors (Lipinski definition) is 1. The molecule has 0 bridgehead atoms. The number of phenols is 1. The van der Waals surface area contributed by atoms with Crippen LogP contribution in [0.4, 0.5) is 0 Å². The van der Waals surface area contributed by atoms with Gasteiger partial charge in [0.15, 0.2) is 0 Å². The van der Waals surface area contributed by atoms with Gasteiger partial charge in [0.2, 0.25) is 0 Å². The van der Waals surface area contributed by atoms with Gasteiger partial charge in [-0.15, -0.1) is 0 Å². The lowest BCUT2D eigenvalue weighted by Gasteiger charge is -2.22. The molecule has 0 radical (unpaired) electrons. The Morgan fingerprint density at radius 2 is 1.21 bits per heavy atom. The number of rotatable bonds is 7. The maximum absolute atomic E-state index is 12.0. The first-order chi connectivity index (χ1) is 29.3. The maximum atomic E-state index is 12.0. The fourth-order valence-electron chi connectivity index (χ4n) is 7.85. The van der Waals surface area contributed by atoms with E-state index in [1.165, 1.54) is 0 Å². The Balaban J connectivity index is 1.35. The van der Waals surface area contributed by atoms with Crippen molar-refractivity contribution in [1.29, 1.82) is 0 Å². The van der Waals surface area contributed by atoms with E-state index in [4.69, 9.17) is 14.1 Å². The minimum atomic E-state index is -2.32. The Hall–Kier alpha value is -7.04. The highest BCUT2D eigenvalue weighted by Crippen LogP contribution is 2.43. The predicted octanol–water partition coefficient (Wildman–Crippen LogP) is 14.0. The minimum absolute atomic E-state index is 0.143. The second kappa shape index (κ2) is 14.8. The lowest BCUT2D eigenvalue weighted by Crippen LogP contribution is -2.12. The van der Waals surface area contributed by atoms with Crippen LogP contribution in [0.5, 0.6) is 5.75 Å². The smallest absolute Gasteiger partial charge is 0.149 e. The van der Waals surface area contributed by atoms with Crippen molar-refractivity contribution in [3.8, 4) is 78.6 Å². The molecule has 282 valence electrons. The number of phenolic OH excluding ortho intramolecular Hbond substituents is 1. The largest absolute Gasteiger partial charge is 0.507 e. The molecule has 9 rings (SSSR count). The number of imidazole rings is 1. The molecule has 7 aromatic carbocycles. The first-order valence-corrected chi connectivity index (χ1v) is 19.6. The maximum Gasteiger partial charge on any atom is 0.149 e. The van der Waals surface area contributed by atoms with Crippen LogP contribution in [0.3, 0.4) is 0 Å². The van der Waals surface area contributed by atoms with Crippen molar-refractivity contribution >= 4 is 11.0 Å². The zero-order chi connectivity index (χ0) is 42.5. The SMILES string of the molecule is [2H]C([2H])([2H])c1ccc(-n2c(-c3cc(C(C)(C)C)cc(C)c3O)nc3c(-c4cc(-c5ccccc5)cc(-c5cc(-c6ccccc6)ccn5)c4)cccc32)c(-c2ccccc2)c1. The lowest BCUT2D eigenvalue weighted by molar-refractivity contribution is 0.471. The summed E-state index contributed by atoms with van der Waals surface area (Å²) in [6.07, 6.45) is 1.86. The molecule has 0 aliphatic heterocycles. The van der Waals surface area contributed by atoms with E-state index in [2.05, 4.69) is 79.9 Å². The standard InChI is InChI=1S/C54H45N3O/c1-35-24-25-49(46(28-35)39-20-13-8-14-21-39)57-50-23-15-22-45(51(50)56-53(57)47-34-44(54(3,4)5)29-36(2)52(47)58)42-30-41(38-18-11-7-12-19-38)31-43(32-42)48-33-40(26-27-55-48)37-16-9-6-10-17-37/h6-34,58H,1-5H3/i1D3. The zero-order valence-corrected chi connectivity index (χ0v) is 33.0. The Kier molecular flexibility index (Phi) is 8.45. The molecule has 2 heterocycles. The van der Waals surface area contributed by atoms with Gasteiger partial charge in [-0.25, -0.2) is 4.98 Å². The van der Waals surface area contributed by atoms with Crippen molar-refractivity contribution < 1.29 is 9.22 Å². The van der Waals surface area contributed by atoms with E-state index in [9.17, 15) is 5.11 Å². The molecule has 0 unspecified atom stereocenters. The van der Waals surface area contributed by atoms with Gasteiger partial charge in [-0.3, -0.25) is 9.55 Å². The summed E-state index contributed by atoms with van der Waals surface area (Å²) in [5, 5.41) is 12.0. The van der Waals surface area contributed by atoms with Crippen LogP contribution in [0, 0.1) is 13.8 Å².